The van der Waals surface area contributed by atoms with E-state index in [1.165, 1.54) is 0 Å². The van der Waals surface area contributed by atoms with E-state index in [4.69, 9.17) is 4.84 Å². The molecule has 2 saturated heterocycles. The van der Waals surface area contributed by atoms with E-state index in [1.54, 1.807) is 11.1 Å². The normalized spacial score (nSPS) is 23.8. The largest absolute Gasteiger partial charge is 0.368 e. The molecule has 0 aliphatic carbocycles. The van der Waals surface area contributed by atoms with Crippen LogP contribution in [0.2, 0.25) is 0 Å². The summed E-state index contributed by atoms with van der Waals surface area (Å²) in [4.78, 5) is 54.2. The lowest BCUT2D eigenvalue weighted by atomic mass is 9.81. The van der Waals surface area contributed by atoms with Crippen LogP contribution >= 0.6 is 0 Å². The molecular weight excluding hydrogens is 400 g/mol. The average Bonchev–Trinajstić information content (AvgIpc) is 3.13. The van der Waals surface area contributed by atoms with Gasteiger partial charge in [0.25, 0.3) is 5.91 Å². The molecule has 1 aromatic carbocycles. The Morgan fingerprint density at radius 3 is 2.87 bits per heavy atom. The number of benzene rings is 1. The second kappa shape index (κ2) is 9.15. The van der Waals surface area contributed by atoms with Gasteiger partial charge in [0.2, 0.25) is 11.8 Å². The van der Waals surface area contributed by atoms with Crippen molar-refractivity contribution in [2.45, 2.75) is 57.5 Å². The molecule has 0 spiro atoms. The standard InChI is InChI=1S/C22H28N4O5/c1-2-3-4-19(28)31-26-10-9-23-17(12-26)14-6-5-13-16(11-24-21(13)29)20(14)15-7-8-18(27)25-22(15)30/h5-6,15,17,23H,2-4,7-12H2,1H3,(H,24,29)(H,25,27,30)/t15?,17-/m1/s1. The van der Waals surface area contributed by atoms with Crippen molar-refractivity contribution in [3.05, 3.63) is 34.4 Å². The number of piperazine rings is 1. The number of rotatable bonds is 6. The van der Waals surface area contributed by atoms with E-state index in [2.05, 4.69) is 16.0 Å². The summed E-state index contributed by atoms with van der Waals surface area (Å²) in [6.07, 6.45) is 2.78. The molecule has 9 nitrogen and oxygen atoms in total. The molecule has 3 heterocycles. The SMILES string of the molecule is CCCCC(=O)ON1CCN[C@@H](c2ccc3c(c2C2CCC(=O)NC2=O)CNC3=O)C1. The van der Waals surface area contributed by atoms with Gasteiger partial charge in [0.15, 0.2) is 0 Å². The molecule has 0 radical (unpaired) electrons. The van der Waals surface area contributed by atoms with Crippen molar-refractivity contribution < 1.29 is 24.0 Å². The third kappa shape index (κ3) is 4.47. The Bertz CT molecular complexity index is 915. The summed E-state index contributed by atoms with van der Waals surface area (Å²) >= 11 is 0. The number of hydroxylamine groups is 2. The summed E-state index contributed by atoms with van der Waals surface area (Å²) in [5, 5.41) is 10.4. The van der Waals surface area contributed by atoms with E-state index in [-0.39, 0.29) is 36.2 Å². The van der Waals surface area contributed by atoms with Crippen LogP contribution in [0.15, 0.2) is 12.1 Å². The Morgan fingerprint density at radius 1 is 1.26 bits per heavy atom. The molecule has 9 heteroatoms. The Kier molecular flexibility index (Phi) is 6.33. The molecular formula is C22H28N4O5. The van der Waals surface area contributed by atoms with Gasteiger partial charge in [-0.1, -0.05) is 19.4 Å². The van der Waals surface area contributed by atoms with Crippen LogP contribution in [-0.2, 0) is 25.8 Å². The molecule has 2 atom stereocenters. The lowest BCUT2D eigenvalue weighted by Gasteiger charge is -2.35. The second-order valence-electron chi connectivity index (χ2n) is 8.24. The van der Waals surface area contributed by atoms with Gasteiger partial charge in [-0.05, 0) is 35.6 Å². The summed E-state index contributed by atoms with van der Waals surface area (Å²) < 4.78 is 0. The lowest BCUT2D eigenvalue weighted by molar-refractivity contribution is -0.195. The third-order valence-electron chi connectivity index (χ3n) is 6.13. The number of hydrogen-bond donors (Lipinski definition) is 3. The molecule has 31 heavy (non-hydrogen) atoms. The molecule has 3 amide bonds. The number of carbonyl (C=O) groups is 4. The van der Waals surface area contributed by atoms with E-state index < -0.39 is 5.92 Å². The van der Waals surface area contributed by atoms with Crippen molar-refractivity contribution in [1.29, 1.82) is 0 Å². The number of unbranched alkanes of at least 4 members (excludes halogenated alkanes) is 1. The number of carbonyl (C=O) groups excluding carboxylic acids is 4. The van der Waals surface area contributed by atoms with Crippen molar-refractivity contribution in [2.24, 2.45) is 0 Å². The van der Waals surface area contributed by atoms with E-state index in [9.17, 15) is 19.2 Å². The first-order valence-corrected chi connectivity index (χ1v) is 10.9. The Morgan fingerprint density at radius 2 is 2.10 bits per heavy atom. The Balaban J connectivity index is 1.62. The van der Waals surface area contributed by atoms with Gasteiger partial charge in [-0.2, -0.15) is 0 Å². The first kappa shape index (κ1) is 21.5. The molecule has 0 saturated carbocycles. The number of amides is 3. The zero-order chi connectivity index (χ0) is 22.0. The smallest absolute Gasteiger partial charge is 0.325 e. The summed E-state index contributed by atoms with van der Waals surface area (Å²) in [7, 11) is 0. The average molecular weight is 428 g/mol. The summed E-state index contributed by atoms with van der Waals surface area (Å²) in [6.45, 7) is 4.02. The highest BCUT2D eigenvalue weighted by atomic mass is 16.7. The highest BCUT2D eigenvalue weighted by molar-refractivity contribution is 6.03. The van der Waals surface area contributed by atoms with Crippen molar-refractivity contribution in [3.8, 4) is 0 Å². The Labute approximate surface area is 180 Å². The number of piperidine rings is 1. The molecule has 1 unspecified atom stereocenters. The quantitative estimate of drug-likeness (QED) is 0.580. The maximum atomic E-state index is 12.7. The molecule has 4 rings (SSSR count). The van der Waals surface area contributed by atoms with Gasteiger partial charge < -0.3 is 15.5 Å². The van der Waals surface area contributed by atoms with Gasteiger partial charge in [-0.3, -0.25) is 24.5 Å². The monoisotopic (exact) mass is 428 g/mol. The van der Waals surface area contributed by atoms with Crippen molar-refractivity contribution in [1.82, 2.24) is 21.0 Å². The Hall–Kier alpha value is -2.78. The fraction of sp³-hybridized carbons (Fsp3) is 0.545. The van der Waals surface area contributed by atoms with Crippen LogP contribution in [0, 0.1) is 0 Å². The summed E-state index contributed by atoms with van der Waals surface area (Å²) in [5.41, 5.74) is 3.09. The van der Waals surface area contributed by atoms with Crippen LogP contribution in [0.25, 0.3) is 0 Å². The predicted molar refractivity (Wildman–Crippen MR) is 111 cm³/mol. The zero-order valence-corrected chi connectivity index (χ0v) is 17.7. The second-order valence-corrected chi connectivity index (χ2v) is 8.24. The highest BCUT2D eigenvalue weighted by Crippen LogP contribution is 2.37. The van der Waals surface area contributed by atoms with E-state index in [0.29, 0.717) is 44.6 Å². The molecule has 3 aliphatic rings. The molecule has 166 valence electrons. The molecule has 2 fully saturated rings. The minimum absolute atomic E-state index is 0.154. The molecule has 1 aromatic rings. The molecule has 3 N–H and O–H groups in total. The first-order chi connectivity index (χ1) is 15.0. The van der Waals surface area contributed by atoms with Crippen LogP contribution in [0.5, 0.6) is 0 Å². The third-order valence-corrected chi connectivity index (χ3v) is 6.13. The van der Waals surface area contributed by atoms with Crippen molar-refractivity contribution in [2.75, 3.05) is 19.6 Å². The van der Waals surface area contributed by atoms with Crippen LogP contribution in [0.4, 0.5) is 0 Å². The van der Waals surface area contributed by atoms with Gasteiger partial charge in [-0.25, -0.2) is 0 Å². The number of hydrogen-bond acceptors (Lipinski definition) is 7. The summed E-state index contributed by atoms with van der Waals surface area (Å²) in [5.74, 6) is -1.50. The van der Waals surface area contributed by atoms with Gasteiger partial charge >= 0.3 is 5.97 Å². The molecule has 3 aliphatic heterocycles. The number of fused-ring (bicyclic) bond motifs is 1. The van der Waals surface area contributed by atoms with Gasteiger partial charge in [0, 0.05) is 44.1 Å². The van der Waals surface area contributed by atoms with Crippen LogP contribution in [-0.4, -0.2) is 48.4 Å². The fourth-order valence-electron chi connectivity index (χ4n) is 4.56. The van der Waals surface area contributed by atoms with Gasteiger partial charge in [-0.15, -0.1) is 5.06 Å². The lowest BCUT2D eigenvalue weighted by Crippen LogP contribution is -2.47. The number of nitrogens with one attached hydrogen (secondary N) is 3. The van der Waals surface area contributed by atoms with Crippen LogP contribution in [0.3, 0.4) is 0 Å². The van der Waals surface area contributed by atoms with Crippen LogP contribution in [0.1, 0.15) is 78.0 Å². The molecule has 0 bridgehead atoms. The van der Waals surface area contributed by atoms with E-state index >= 15 is 0 Å². The fourth-order valence-corrected chi connectivity index (χ4v) is 4.56. The molecule has 0 aromatic heterocycles. The first-order valence-electron chi connectivity index (χ1n) is 10.9. The van der Waals surface area contributed by atoms with E-state index in [0.717, 1.165) is 29.5 Å². The maximum absolute atomic E-state index is 12.7. The topological polar surface area (TPSA) is 117 Å². The number of imide groups is 1. The maximum Gasteiger partial charge on any atom is 0.325 e. The van der Waals surface area contributed by atoms with Crippen molar-refractivity contribution >= 4 is 23.7 Å². The minimum Gasteiger partial charge on any atom is -0.368 e. The zero-order valence-electron chi connectivity index (χ0n) is 17.7. The summed E-state index contributed by atoms with van der Waals surface area (Å²) in [6, 6.07) is 3.49. The van der Waals surface area contributed by atoms with Gasteiger partial charge in [0.1, 0.15) is 0 Å². The predicted octanol–water partition coefficient (Wildman–Crippen LogP) is 1.04. The highest BCUT2D eigenvalue weighted by Gasteiger charge is 2.37. The minimum atomic E-state index is -0.500. The van der Waals surface area contributed by atoms with Crippen molar-refractivity contribution in [3.63, 3.8) is 0 Å². The van der Waals surface area contributed by atoms with Crippen LogP contribution < -0.4 is 16.0 Å². The van der Waals surface area contributed by atoms with E-state index in [1.807, 2.05) is 13.0 Å². The number of nitrogens with zero attached hydrogens (tertiary/aromatic N) is 1. The van der Waals surface area contributed by atoms with Gasteiger partial charge in [0.05, 0.1) is 12.5 Å².